The molecule has 0 amide bonds. The van der Waals surface area contributed by atoms with Gasteiger partial charge < -0.3 is 4.74 Å². The van der Waals surface area contributed by atoms with Crippen molar-refractivity contribution in [2.45, 2.75) is 74.1 Å². The van der Waals surface area contributed by atoms with Crippen molar-refractivity contribution in [3.05, 3.63) is 0 Å². The first-order valence-corrected chi connectivity index (χ1v) is 9.59. The summed E-state index contributed by atoms with van der Waals surface area (Å²) in [6.07, 6.45) is 4.14. The zero-order valence-corrected chi connectivity index (χ0v) is 16.5. The lowest BCUT2D eigenvalue weighted by molar-refractivity contribution is -0.159. The lowest BCUT2D eigenvalue weighted by Gasteiger charge is -2.40. The Hall–Kier alpha value is -0.860. The minimum absolute atomic E-state index is 0.00215. The molecule has 0 aromatic rings. The molecular formula is C21H34O3. The Morgan fingerprint density at radius 1 is 1.04 bits per heavy atom. The molecule has 0 aromatic heterocycles. The molecular weight excluding hydrogens is 300 g/mol. The van der Waals surface area contributed by atoms with Crippen LogP contribution < -0.4 is 0 Å². The Bertz CT molecular complexity index is 576. The Labute approximate surface area is 146 Å². The van der Waals surface area contributed by atoms with Crippen molar-refractivity contribution in [2.24, 2.45) is 39.4 Å². The number of ketones is 1. The van der Waals surface area contributed by atoms with Crippen molar-refractivity contribution < 1.29 is 14.3 Å². The van der Waals surface area contributed by atoms with E-state index in [0.29, 0.717) is 12.5 Å². The summed E-state index contributed by atoms with van der Waals surface area (Å²) < 4.78 is 5.80. The third-order valence-electron chi connectivity index (χ3n) is 9.24. The molecule has 3 heteroatoms. The van der Waals surface area contributed by atoms with Crippen LogP contribution in [0.15, 0.2) is 0 Å². The second-order valence-electron chi connectivity index (χ2n) is 10.4. The summed E-state index contributed by atoms with van der Waals surface area (Å²) in [5.41, 5.74) is -0.301. The SMILES string of the molecule is C[C@@H]1CC[C@](C)(COC(=O)[C@@H]2C(=O)[C@@]3(C)CC[C@H]2C3(C)C)C1(C)C. The zero-order chi connectivity index (χ0) is 18.1. The van der Waals surface area contributed by atoms with Gasteiger partial charge >= 0.3 is 5.97 Å². The molecule has 0 aliphatic heterocycles. The fraction of sp³-hybridized carbons (Fsp3) is 0.905. The van der Waals surface area contributed by atoms with Crippen LogP contribution in [0.4, 0.5) is 0 Å². The first-order valence-electron chi connectivity index (χ1n) is 9.59. The summed E-state index contributed by atoms with van der Waals surface area (Å²) in [6.45, 7) is 15.9. The number of carbonyl (C=O) groups excluding carboxylic acids is 2. The van der Waals surface area contributed by atoms with E-state index in [1.165, 1.54) is 6.42 Å². The molecule has 0 N–H and O–H groups in total. The lowest BCUT2D eigenvalue weighted by Crippen LogP contribution is -2.40. The molecule has 0 heterocycles. The van der Waals surface area contributed by atoms with Gasteiger partial charge in [0, 0.05) is 10.8 Å². The quantitative estimate of drug-likeness (QED) is 0.558. The van der Waals surface area contributed by atoms with Crippen molar-refractivity contribution in [1.29, 1.82) is 0 Å². The summed E-state index contributed by atoms with van der Waals surface area (Å²) in [5, 5.41) is 0. The van der Waals surface area contributed by atoms with Gasteiger partial charge in [-0.1, -0.05) is 48.5 Å². The van der Waals surface area contributed by atoms with Crippen LogP contribution >= 0.6 is 0 Å². The topological polar surface area (TPSA) is 43.4 Å². The first-order chi connectivity index (χ1) is 10.9. The smallest absolute Gasteiger partial charge is 0.316 e. The molecule has 0 spiro atoms. The molecule has 3 aliphatic carbocycles. The van der Waals surface area contributed by atoms with Gasteiger partial charge in [0.1, 0.15) is 5.92 Å². The van der Waals surface area contributed by atoms with Gasteiger partial charge in [-0.2, -0.15) is 0 Å². The monoisotopic (exact) mass is 334 g/mol. The van der Waals surface area contributed by atoms with Crippen molar-refractivity contribution in [3.63, 3.8) is 0 Å². The van der Waals surface area contributed by atoms with Crippen LogP contribution in [-0.4, -0.2) is 18.4 Å². The fourth-order valence-electron chi connectivity index (χ4n) is 5.75. The summed E-state index contributed by atoms with van der Waals surface area (Å²) in [7, 11) is 0. The van der Waals surface area contributed by atoms with E-state index in [1.54, 1.807) is 0 Å². The van der Waals surface area contributed by atoms with Gasteiger partial charge in [-0.05, 0) is 48.3 Å². The molecule has 2 bridgehead atoms. The maximum absolute atomic E-state index is 12.9. The van der Waals surface area contributed by atoms with Crippen LogP contribution in [0.2, 0.25) is 0 Å². The van der Waals surface area contributed by atoms with Crippen molar-refractivity contribution in [3.8, 4) is 0 Å². The van der Waals surface area contributed by atoms with E-state index < -0.39 is 5.92 Å². The summed E-state index contributed by atoms with van der Waals surface area (Å²) >= 11 is 0. The second-order valence-corrected chi connectivity index (χ2v) is 10.4. The van der Waals surface area contributed by atoms with Gasteiger partial charge in [-0.25, -0.2) is 0 Å². The standard InChI is InChI=1S/C21H34O3/c1-13-8-10-20(6,18(13,2)3)12-24-17(23)15-14-9-11-21(7,16(15)22)19(14,4)5/h13-15H,8-12H2,1-7H3/t13-,14-,15+,20-,21-/m1/s1. The Balaban J connectivity index is 1.72. The van der Waals surface area contributed by atoms with E-state index in [4.69, 9.17) is 4.74 Å². The molecule has 24 heavy (non-hydrogen) atoms. The number of fused-ring (bicyclic) bond motifs is 2. The third-order valence-corrected chi connectivity index (χ3v) is 9.24. The number of carbonyl (C=O) groups is 2. The molecule has 136 valence electrons. The average Bonchev–Trinajstić information content (AvgIpc) is 2.91. The minimum Gasteiger partial charge on any atom is -0.465 e. The van der Waals surface area contributed by atoms with Crippen LogP contribution in [0.3, 0.4) is 0 Å². The maximum atomic E-state index is 12.9. The number of ether oxygens (including phenoxy) is 1. The van der Waals surface area contributed by atoms with E-state index >= 15 is 0 Å². The van der Waals surface area contributed by atoms with Gasteiger partial charge in [0.25, 0.3) is 0 Å². The van der Waals surface area contributed by atoms with E-state index in [-0.39, 0.29) is 39.3 Å². The molecule has 3 rings (SSSR count). The highest BCUT2D eigenvalue weighted by molar-refractivity contribution is 6.05. The molecule has 3 nitrogen and oxygen atoms in total. The highest BCUT2D eigenvalue weighted by Gasteiger charge is 2.68. The Morgan fingerprint density at radius 2 is 1.67 bits per heavy atom. The Kier molecular flexibility index (Phi) is 3.80. The zero-order valence-electron chi connectivity index (χ0n) is 16.5. The largest absolute Gasteiger partial charge is 0.465 e. The molecule has 0 saturated heterocycles. The summed E-state index contributed by atoms with van der Waals surface area (Å²) in [4.78, 5) is 25.7. The number of rotatable bonds is 3. The predicted octanol–water partition coefficient (Wildman–Crippen LogP) is 4.63. The number of Topliss-reactive ketones (excluding diaryl/α,β-unsaturated/α-hetero) is 1. The third kappa shape index (κ3) is 2.02. The predicted molar refractivity (Wildman–Crippen MR) is 94.4 cm³/mol. The lowest BCUT2D eigenvalue weighted by atomic mass is 9.66. The normalized spacial score (nSPS) is 45.6. The van der Waals surface area contributed by atoms with Crippen molar-refractivity contribution in [1.82, 2.24) is 0 Å². The minimum atomic E-state index is -0.538. The number of esters is 1. The van der Waals surface area contributed by atoms with Gasteiger partial charge in [0.05, 0.1) is 6.61 Å². The van der Waals surface area contributed by atoms with Crippen LogP contribution in [0.5, 0.6) is 0 Å². The van der Waals surface area contributed by atoms with Gasteiger partial charge in [0.2, 0.25) is 0 Å². The number of hydrogen-bond donors (Lipinski definition) is 0. The van der Waals surface area contributed by atoms with Crippen LogP contribution in [-0.2, 0) is 14.3 Å². The van der Waals surface area contributed by atoms with Gasteiger partial charge in [-0.3, -0.25) is 9.59 Å². The van der Waals surface area contributed by atoms with Crippen molar-refractivity contribution >= 4 is 11.8 Å². The number of hydrogen-bond acceptors (Lipinski definition) is 3. The molecule has 3 saturated carbocycles. The maximum Gasteiger partial charge on any atom is 0.316 e. The van der Waals surface area contributed by atoms with Crippen LogP contribution in [0, 0.1) is 39.4 Å². The second kappa shape index (κ2) is 5.08. The van der Waals surface area contributed by atoms with Gasteiger partial charge in [0.15, 0.2) is 5.78 Å². The van der Waals surface area contributed by atoms with Gasteiger partial charge in [-0.15, -0.1) is 0 Å². The van der Waals surface area contributed by atoms with E-state index in [0.717, 1.165) is 19.3 Å². The highest BCUT2D eigenvalue weighted by Crippen LogP contribution is 2.66. The highest BCUT2D eigenvalue weighted by atomic mass is 16.5. The molecule has 0 unspecified atom stereocenters. The molecule has 5 atom stereocenters. The summed E-state index contributed by atoms with van der Waals surface area (Å²) in [6, 6.07) is 0. The van der Waals surface area contributed by atoms with E-state index in [9.17, 15) is 9.59 Å². The van der Waals surface area contributed by atoms with Crippen molar-refractivity contribution in [2.75, 3.05) is 6.61 Å². The molecule has 0 radical (unpaired) electrons. The van der Waals surface area contributed by atoms with Crippen LogP contribution in [0.1, 0.15) is 74.1 Å². The first kappa shape index (κ1) is 17.9. The Morgan fingerprint density at radius 3 is 2.12 bits per heavy atom. The molecule has 3 fully saturated rings. The average molecular weight is 335 g/mol. The fourth-order valence-corrected chi connectivity index (χ4v) is 5.75. The molecule has 3 aliphatic rings. The molecule has 0 aromatic carbocycles. The van der Waals surface area contributed by atoms with E-state index in [1.807, 2.05) is 6.92 Å². The summed E-state index contributed by atoms with van der Waals surface area (Å²) in [5.74, 6) is 0.0920. The van der Waals surface area contributed by atoms with E-state index in [2.05, 4.69) is 41.5 Å². The van der Waals surface area contributed by atoms with Crippen LogP contribution in [0.25, 0.3) is 0 Å².